The van der Waals surface area contributed by atoms with Gasteiger partial charge in [0.1, 0.15) is 5.75 Å². The van der Waals surface area contributed by atoms with Crippen LogP contribution in [0.1, 0.15) is 17.0 Å². The van der Waals surface area contributed by atoms with Crippen LogP contribution in [0.25, 0.3) is 0 Å². The van der Waals surface area contributed by atoms with E-state index in [1.807, 2.05) is 19.9 Å². The van der Waals surface area contributed by atoms with Gasteiger partial charge in [0.15, 0.2) is 6.61 Å². The zero-order chi connectivity index (χ0) is 18.2. The molecule has 0 saturated heterocycles. The van der Waals surface area contributed by atoms with Crippen molar-refractivity contribution in [1.29, 1.82) is 0 Å². The van der Waals surface area contributed by atoms with Crippen LogP contribution >= 0.6 is 11.6 Å². The molecule has 0 aliphatic carbocycles. The maximum atomic E-state index is 11.8. The van der Waals surface area contributed by atoms with E-state index in [9.17, 15) is 4.79 Å². The van der Waals surface area contributed by atoms with Crippen LogP contribution in [0.5, 0.6) is 5.75 Å². The van der Waals surface area contributed by atoms with Crippen molar-refractivity contribution in [2.24, 2.45) is 5.10 Å². The topological polar surface area (TPSA) is 64.8 Å². The first-order chi connectivity index (χ1) is 12.0. The van der Waals surface area contributed by atoms with Gasteiger partial charge in [-0.05, 0) is 44.2 Å². The number of hydrogen-bond donors (Lipinski definition) is 1. The van der Waals surface area contributed by atoms with E-state index in [0.29, 0.717) is 17.4 Å². The number of halogens is 1. The molecule has 2 aromatic rings. The number of ether oxygens (including phenoxy) is 2. The molecule has 134 valence electrons. The molecule has 25 heavy (non-hydrogen) atoms. The fourth-order valence-electron chi connectivity index (χ4n) is 2.37. The number of aromatic nitrogens is 1. The van der Waals surface area contributed by atoms with Crippen molar-refractivity contribution >= 4 is 23.7 Å². The molecule has 0 spiro atoms. The summed E-state index contributed by atoms with van der Waals surface area (Å²) in [5.74, 6) is 0.240. The van der Waals surface area contributed by atoms with Crippen LogP contribution in [0.15, 0.2) is 35.4 Å². The van der Waals surface area contributed by atoms with E-state index in [0.717, 1.165) is 23.5 Å². The minimum atomic E-state index is -0.334. The second-order valence-corrected chi connectivity index (χ2v) is 5.94. The molecule has 1 aromatic carbocycles. The van der Waals surface area contributed by atoms with E-state index in [2.05, 4.69) is 15.1 Å². The van der Waals surface area contributed by atoms with Gasteiger partial charge in [-0.25, -0.2) is 5.43 Å². The van der Waals surface area contributed by atoms with Gasteiger partial charge < -0.3 is 14.0 Å². The maximum absolute atomic E-state index is 11.8. The first-order valence-corrected chi connectivity index (χ1v) is 8.25. The van der Waals surface area contributed by atoms with Crippen molar-refractivity contribution in [3.8, 4) is 5.75 Å². The monoisotopic (exact) mass is 363 g/mol. The minimum absolute atomic E-state index is 0.119. The van der Waals surface area contributed by atoms with Gasteiger partial charge in [-0.2, -0.15) is 5.10 Å². The molecule has 6 nitrogen and oxygen atoms in total. The van der Waals surface area contributed by atoms with Gasteiger partial charge in [0.05, 0.1) is 12.8 Å². The lowest BCUT2D eigenvalue weighted by Crippen LogP contribution is -2.24. The Kier molecular flexibility index (Phi) is 7.03. The Morgan fingerprint density at radius 2 is 2.04 bits per heavy atom. The second-order valence-electron chi connectivity index (χ2n) is 5.51. The largest absolute Gasteiger partial charge is 0.484 e. The standard InChI is InChI=1S/C18H22ClN3O3/c1-13-10-15(14(2)22(13)8-9-24-3)11-20-21-18(23)12-25-17-6-4-16(19)5-7-17/h4-7,10-11H,8-9,12H2,1-3H3,(H,21,23). The molecule has 2 rings (SSSR count). The Labute approximate surface area is 152 Å². The molecular weight excluding hydrogens is 342 g/mol. The van der Waals surface area contributed by atoms with Crippen LogP contribution < -0.4 is 10.2 Å². The Balaban J connectivity index is 1.85. The van der Waals surface area contributed by atoms with Crippen LogP contribution in [0, 0.1) is 13.8 Å². The third kappa shape index (κ3) is 5.62. The molecule has 1 N–H and O–H groups in total. The number of methoxy groups -OCH3 is 1. The molecule has 0 radical (unpaired) electrons. The van der Waals surface area contributed by atoms with E-state index in [-0.39, 0.29) is 12.5 Å². The van der Waals surface area contributed by atoms with E-state index in [1.165, 1.54) is 0 Å². The summed E-state index contributed by atoms with van der Waals surface area (Å²) in [6.45, 7) is 5.34. The highest BCUT2D eigenvalue weighted by atomic mass is 35.5. The van der Waals surface area contributed by atoms with Crippen LogP contribution in [-0.4, -0.2) is 37.0 Å². The molecule has 0 atom stereocenters. The van der Waals surface area contributed by atoms with Crippen molar-refractivity contribution < 1.29 is 14.3 Å². The Hall–Kier alpha value is -2.31. The van der Waals surface area contributed by atoms with Gasteiger partial charge in [-0.3, -0.25) is 4.79 Å². The van der Waals surface area contributed by atoms with Crippen molar-refractivity contribution in [2.75, 3.05) is 20.3 Å². The molecule has 1 aromatic heterocycles. The summed E-state index contributed by atoms with van der Waals surface area (Å²) < 4.78 is 12.6. The number of rotatable bonds is 8. The van der Waals surface area contributed by atoms with Crippen molar-refractivity contribution in [2.45, 2.75) is 20.4 Å². The van der Waals surface area contributed by atoms with E-state index < -0.39 is 0 Å². The molecule has 0 aliphatic rings. The summed E-state index contributed by atoms with van der Waals surface area (Å²) in [5, 5.41) is 4.61. The SMILES string of the molecule is COCCn1c(C)cc(C=NNC(=O)COc2ccc(Cl)cc2)c1C. The van der Waals surface area contributed by atoms with Crippen LogP contribution in [0.3, 0.4) is 0 Å². The van der Waals surface area contributed by atoms with Crippen LogP contribution in [-0.2, 0) is 16.1 Å². The number of nitrogens with zero attached hydrogens (tertiary/aromatic N) is 2. The summed E-state index contributed by atoms with van der Waals surface area (Å²) in [5.41, 5.74) is 5.60. The minimum Gasteiger partial charge on any atom is -0.484 e. The predicted molar refractivity (Wildman–Crippen MR) is 98.5 cm³/mol. The van der Waals surface area contributed by atoms with Crippen molar-refractivity contribution in [3.63, 3.8) is 0 Å². The van der Waals surface area contributed by atoms with Crippen LogP contribution in [0.4, 0.5) is 0 Å². The summed E-state index contributed by atoms with van der Waals surface area (Å²) in [6.07, 6.45) is 1.63. The summed E-state index contributed by atoms with van der Waals surface area (Å²) in [4.78, 5) is 11.8. The Bertz CT molecular complexity index is 739. The Morgan fingerprint density at radius 1 is 1.32 bits per heavy atom. The van der Waals surface area contributed by atoms with Gasteiger partial charge in [0.25, 0.3) is 5.91 Å². The lowest BCUT2D eigenvalue weighted by molar-refractivity contribution is -0.123. The third-order valence-corrected chi connectivity index (χ3v) is 3.96. The normalized spacial score (nSPS) is 11.0. The summed E-state index contributed by atoms with van der Waals surface area (Å²) >= 11 is 5.79. The Morgan fingerprint density at radius 3 is 2.72 bits per heavy atom. The zero-order valence-corrected chi connectivity index (χ0v) is 15.3. The van der Waals surface area contributed by atoms with E-state index in [1.54, 1.807) is 37.6 Å². The smallest absolute Gasteiger partial charge is 0.277 e. The average Bonchev–Trinajstić information content (AvgIpc) is 2.86. The molecular formula is C18H22ClN3O3. The number of nitrogens with one attached hydrogen (secondary N) is 1. The van der Waals surface area contributed by atoms with Gasteiger partial charge >= 0.3 is 0 Å². The average molecular weight is 364 g/mol. The number of carbonyl (C=O) groups excluding carboxylic acids is 1. The van der Waals surface area contributed by atoms with Crippen molar-refractivity contribution in [1.82, 2.24) is 9.99 Å². The van der Waals surface area contributed by atoms with E-state index >= 15 is 0 Å². The predicted octanol–water partition coefficient (Wildman–Crippen LogP) is 2.93. The first-order valence-electron chi connectivity index (χ1n) is 7.87. The van der Waals surface area contributed by atoms with Crippen LogP contribution in [0.2, 0.25) is 5.02 Å². The van der Waals surface area contributed by atoms with Gasteiger partial charge in [-0.1, -0.05) is 11.6 Å². The molecule has 1 heterocycles. The number of hydrazone groups is 1. The summed E-state index contributed by atoms with van der Waals surface area (Å²) in [7, 11) is 1.68. The molecule has 0 aliphatic heterocycles. The maximum Gasteiger partial charge on any atom is 0.277 e. The molecule has 0 unspecified atom stereocenters. The lowest BCUT2D eigenvalue weighted by Gasteiger charge is -2.08. The number of amides is 1. The highest BCUT2D eigenvalue weighted by molar-refractivity contribution is 6.30. The lowest BCUT2D eigenvalue weighted by atomic mass is 10.3. The quantitative estimate of drug-likeness (QED) is 0.579. The van der Waals surface area contributed by atoms with Gasteiger partial charge in [-0.15, -0.1) is 0 Å². The molecule has 7 heteroatoms. The third-order valence-electron chi connectivity index (χ3n) is 3.71. The summed E-state index contributed by atoms with van der Waals surface area (Å²) in [6, 6.07) is 8.82. The number of hydrogen-bond acceptors (Lipinski definition) is 4. The molecule has 0 saturated carbocycles. The molecule has 0 bridgehead atoms. The van der Waals surface area contributed by atoms with Gasteiger partial charge in [0.2, 0.25) is 0 Å². The fraction of sp³-hybridized carbons (Fsp3) is 0.333. The number of aryl methyl sites for hydroxylation is 1. The second kappa shape index (κ2) is 9.25. The van der Waals surface area contributed by atoms with E-state index in [4.69, 9.17) is 21.1 Å². The zero-order valence-electron chi connectivity index (χ0n) is 14.6. The highest BCUT2D eigenvalue weighted by Gasteiger charge is 2.07. The van der Waals surface area contributed by atoms with Gasteiger partial charge in [0, 0.05) is 35.6 Å². The van der Waals surface area contributed by atoms with Crippen molar-refractivity contribution in [3.05, 3.63) is 52.3 Å². The first kappa shape index (κ1) is 19.0. The molecule has 0 fully saturated rings. The highest BCUT2D eigenvalue weighted by Crippen LogP contribution is 2.15. The molecule has 1 amide bonds. The number of benzene rings is 1. The fourth-order valence-corrected chi connectivity index (χ4v) is 2.50. The number of carbonyl (C=O) groups is 1.